The van der Waals surface area contributed by atoms with Crippen LogP contribution in [0.4, 0.5) is 5.69 Å². The van der Waals surface area contributed by atoms with Crippen molar-refractivity contribution >= 4 is 12.1 Å². The largest absolute Gasteiger partial charge is 0.473 e. The van der Waals surface area contributed by atoms with E-state index in [0.717, 1.165) is 28.1 Å². The van der Waals surface area contributed by atoms with Gasteiger partial charge in [-0.05, 0) is 44.0 Å². The quantitative estimate of drug-likeness (QED) is 0.256. The average molecular weight is 393 g/mol. The highest BCUT2D eigenvalue weighted by Gasteiger charge is 2.11. The molecule has 29 heavy (non-hydrogen) atoms. The molecule has 0 aliphatic rings. The molecule has 6 heteroatoms. The summed E-state index contributed by atoms with van der Waals surface area (Å²) in [6.45, 7) is 6.68. The van der Waals surface area contributed by atoms with Gasteiger partial charge in [-0.3, -0.25) is 10.2 Å². The second-order valence-electron chi connectivity index (χ2n) is 6.53. The highest BCUT2D eigenvalue weighted by molar-refractivity contribution is 5.67. The van der Waals surface area contributed by atoms with Gasteiger partial charge in [0, 0.05) is 35.1 Å². The average Bonchev–Trinajstić information content (AvgIpc) is 2.75. The number of ether oxygens (including phenoxy) is 1. The Kier molecular flexibility index (Phi) is 8.18. The number of aryl methyl sites for hydroxylation is 3. The van der Waals surface area contributed by atoms with Crippen molar-refractivity contribution in [3.63, 3.8) is 0 Å². The number of carbonyl (C=O) groups excluding carboxylic acids is 1. The number of hydrogen-bond donors (Lipinski definition) is 3. The normalized spacial score (nSPS) is 9.83. The monoisotopic (exact) mass is 392 g/mol. The van der Waals surface area contributed by atoms with Crippen LogP contribution in [0.15, 0.2) is 54.6 Å². The molecule has 0 aliphatic carbocycles. The van der Waals surface area contributed by atoms with E-state index in [1.54, 1.807) is 5.43 Å². The number of nitrogens with two attached hydrogens (primary N) is 1. The Bertz CT molecular complexity index is 943. The van der Waals surface area contributed by atoms with Crippen LogP contribution in [0.5, 0.6) is 5.88 Å². The zero-order chi connectivity index (χ0) is 21.2. The van der Waals surface area contributed by atoms with Gasteiger partial charge >= 0.3 is 0 Å². The number of rotatable bonds is 6. The molecule has 1 heterocycles. The van der Waals surface area contributed by atoms with Crippen LogP contribution in [0.3, 0.4) is 0 Å². The second kappa shape index (κ2) is 10.8. The maximum absolute atomic E-state index is 8.94. The molecule has 6 nitrogen and oxygen atoms in total. The van der Waals surface area contributed by atoms with Crippen LogP contribution in [0, 0.1) is 20.8 Å². The summed E-state index contributed by atoms with van der Waals surface area (Å²) in [6, 6.07) is 18.7. The molecule has 0 aliphatic heterocycles. The molecule has 0 radical (unpaired) electrons. The molecular weight excluding hydrogens is 364 g/mol. The van der Waals surface area contributed by atoms with E-state index in [1.807, 2.05) is 45.2 Å². The molecule has 1 aromatic heterocycles. The standard InChI is InChI=1S/C22H24N2O.CH4N2O/c1-15-9-8-12-21(23-4)20(15)14-25-22-16(2)13-19(17(3)24-22)18-10-6-5-7-11-18;2-3-1-4/h5-13,23H,14H2,1-4H3;1H,2H2,(H,3,4). The van der Waals surface area contributed by atoms with Gasteiger partial charge in [0.2, 0.25) is 12.3 Å². The van der Waals surface area contributed by atoms with Crippen molar-refractivity contribution in [2.24, 2.45) is 5.84 Å². The zero-order valence-electron chi connectivity index (χ0n) is 17.3. The smallest absolute Gasteiger partial charge is 0.221 e. The summed E-state index contributed by atoms with van der Waals surface area (Å²) >= 11 is 0. The van der Waals surface area contributed by atoms with Crippen LogP contribution in [-0.4, -0.2) is 18.4 Å². The van der Waals surface area contributed by atoms with Gasteiger partial charge in [0.15, 0.2) is 0 Å². The number of nitrogens with one attached hydrogen (secondary N) is 2. The van der Waals surface area contributed by atoms with Crippen molar-refractivity contribution in [1.29, 1.82) is 0 Å². The minimum atomic E-state index is 0.403. The van der Waals surface area contributed by atoms with Gasteiger partial charge < -0.3 is 10.1 Å². The van der Waals surface area contributed by atoms with Crippen molar-refractivity contribution in [2.45, 2.75) is 27.4 Å². The van der Waals surface area contributed by atoms with E-state index in [2.05, 4.69) is 48.4 Å². The molecule has 2 aromatic carbocycles. The SMILES string of the molecule is CNc1cccc(C)c1COc1nc(C)c(-c2ccccc2)cc1C.NNC=O. The van der Waals surface area contributed by atoms with Crippen molar-refractivity contribution < 1.29 is 9.53 Å². The maximum atomic E-state index is 8.94. The Morgan fingerprint density at radius 2 is 1.72 bits per heavy atom. The second-order valence-corrected chi connectivity index (χ2v) is 6.53. The highest BCUT2D eigenvalue weighted by atomic mass is 16.5. The number of amides is 1. The fourth-order valence-electron chi connectivity index (χ4n) is 3.01. The predicted octanol–water partition coefficient (Wildman–Crippen LogP) is 3.90. The highest BCUT2D eigenvalue weighted by Crippen LogP contribution is 2.28. The molecule has 3 aromatic rings. The van der Waals surface area contributed by atoms with Gasteiger partial charge in [0.25, 0.3) is 0 Å². The number of carbonyl (C=O) groups is 1. The molecule has 1 amide bonds. The molecule has 0 saturated heterocycles. The molecule has 0 unspecified atom stereocenters. The van der Waals surface area contributed by atoms with Crippen LogP contribution in [0.1, 0.15) is 22.4 Å². The molecule has 0 spiro atoms. The van der Waals surface area contributed by atoms with E-state index in [0.29, 0.717) is 18.9 Å². The number of anilines is 1. The number of nitrogens with zero attached hydrogens (tertiary/aromatic N) is 1. The fourth-order valence-corrected chi connectivity index (χ4v) is 3.01. The topological polar surface area (TPSA) is 89.3 Å². The van der Waals surface area contributed by atoms with Crippen molar-refractivity contribution in [1.82, 2.24) is 10.4 Å². The third-order valence-electron chi connectivity index (χ3n) is 4.54. The van der Waals surface area contributed by atoms with Gasteiger partial charge in [0.1, 0.15) is 6.61 Å². The summed E-state index contributed by atoms with van der Waals surface area (Å²) in [6.07, 6.45) is 0.403. The third-order valence-corrected chi connectivity index (χ3v) is 4.54. The number of pyridine rings is 1. The number of aromatic nitrogens is 1. The lowest BCUT2D eigenvalue weighted by Gasteiger charge is -2.15. The Labute approximate surface area is 172 Å². The van der Waals surface area contributed by atoms with Gasteiger partial charge in [-0.1, -0.05) is 42.5 Å². The van der Waals surface area contributed by atoms with E-state index in [9.17, 15) is 0 Å². The van der Waals surface area contributed by atoms with E-state index in [1.165, 1.54) is 11.1 Å². The van der Waals surface area contributed by atoms with Crippen LogP contribution in [0.25, 0.3) is 11.1 Å². The Balaban J connectivity index is 0.000000687. The van der Waals surface area contributed by atoms with Crippen LogP contribution >= 0.6 is 0 Å². The van der Waals surface area contributed by atoms with Crippen molar-refractivity contribution in [3.05, 3.63) is 77.0 Å². The molecule has 0 fully saturated rings. The third kappa shape index (κ3) is 5.80. The lowest BCUT2D eigenvalue weighted by Crippen LogP contribution is -2.18. The van der Waals surface area contributed by atoms with Gasteiger partial charge in [0.05, 0.1) is 0 Å². The summed E-state index contributed by atoms with van der Waals surface area (Å²) in [5.41, 5.74) is 9.57. The molecule has 0 saturated carbocycles. The van der Waals surface area contributed by atoms with Gasteiger partial charge in [-0.25, -0.2) is 10.8 Å². The summed E-state index contributed by atoms with van der Waals surface area (Å²) in [7, 11) is 1.93. The number of hydrogen-bond acceptors (Lipinski definition) is 5. The first-order valence-corrected chi connectivity index (χ1v) is 9.34. The minimum absolute atomic E-state index is 0.403. The Morgan fingerprint density at radius 3 is 2.34 bits per heavy atom. The first kappa shape index (κ1) is 21.9. The van der Waals surface area contributed by atoms with Crippen LogP contribution in [-0.2, 0) is 11.4 Å². The molecule has 0 bridgehead atoms. The summed E-state index contributed by atoms with van der Waals surface area (Å²) in [5.74, 6) is 5.11. The van der Waals surface area contributed by atoms with E-state index >= 15 is 0 Å². The zero-order valence-corrected chi connectivity index (χ0v) is 17.3. The lowest BCUT2D eigenvalue weighted by molar-refractivity contribution is -0.109. The Hall–Kier alpha value is -3.38. The number of hydrazine groups is 1. The van der Waals surface area contributed by atoms with E-state index < -0.39 is 0 Å². The van der Waals surface area contributed by atoms with Gasteiger partial charge in [-0.2, -0.15) is 0 Å². The summed E-state index contributed by atoms with van der Waals surface area (Å²) < 4.78 is 6.07. The van der Waals surface area contributed by atoms with Crippen LogP contribution < -0.4 is 21.3 Å². The van der Waals surface area contributed by atoms with Crippen LogP contribution in [0.2, 0.25) is 0 Å². The van der Waals surface area contributed by atoms with E-state index in [-0.39, 0.29) is 0 Å². The minimum Gasteiger partial charge on any atom is -0.473 e. The van der Waals surface area contributed by atoms with Gasteiger partial charge in [-0.15, -0.1) is 0 Å². The molecule has 0 atom stereocenters. The fraction of sp³-hybridized carbons (Fsp3) is 0.217. The summed E-state index contributed by atoms with van der Waals surface area (Å²) in [4.78, 5) is 13.6. The predicted molar refractivity (Wildman–Crippen MR) is 118 cm³/mol. The maximum Gasteiger partial charge on any atom is 0.221 e. The first-order chi connectivity index (χ1) is 14.0. The molecular formula is C23H28N4O2. The molecule has 4 N–H and O–H groups in total. The molecule has 152 valence electrons. The van der Waals surface area contributed by atoms with E-state index in [4.69, 9.17) is 14.5 Å². The number of benzene rings is 2. The van der Waals surface area contributed by atoms with Crippen molar-refractivity contribution in [3.8, 4) is 17.0 Å². The molecule has 3 rings (SSSR count). The Morgan fingerprint density at radius 1 is 1.03 bits per heavy atom. The summed E-state index contributed by atoms with van der Waals surface area (Å²) in [5, 5.41) is 3.23. The lowest BCUT2D eigenvalue weighted by atomic mass is 10.0. The van der Waals surface area contributed by atoms with Crippen molar-refractivity contribution in [2.75, 3.05) is 12.4 Å². The first-order valence-electron chi connectivity index (χ1n) is 9.34.